The molecule has 1 heterocycles. The van der Waals surface area contributed by atoms with E-state index in [4.69, 9.17) is 16.3 Å². The van der Waals surface area contributed by atoms with Gasteiger partial charge in [0.05, 0.1) is 17.9 Å². The van der Waals surface area contributed by atoms with Crippen LogP contribution >= 0.6 is 23.4 Å². The van der Waals surface area contributed by atoms with Crippen LogP contribution in [0.1, 0.15) is 21.5 Å². The molecule has 1 aliphatic rings. The van der Waals surface area contributed by atoms with Gasteiger partial charge >= 0.3 is 0 Å². The molecule has 32 heavy (non-hydrogen) atoms. The Morgan fingerprint density at radius 1 is 1.00 bits per heavy atom. The van der Waals surface area contributed by atoms with Crippen molar-refractivity contribution >= 4 is 46.1 Å². The number of halogens is 1. The van der Waals surface area contributed by atoms with Crippen molar-refractivity contribution in [1.82, 2.24) is 4.90 Å². The number of thioether (sulfide) groups is 1. The van der Waals surface area contributed by atoms with E-state index in [0.29, 0.717) is 22.0 Å². The number of hydrogen-bond donors (Lipinski definition) is 1. The third-order valence-electron chi connectivity index (χ3n) is 4.87. The number of imide groups is 1. The zero-order chi connectivity index (χ0) is 22.5. The lowest BCUT2D eigenvalue weighted by Crippen LogP contribution is -2.27. The molecular weight excluding hydrogens is 448 g/mol. The van der Waals surface area contributed by atoms with E-state index in [0.717, 1.165) is 22.9 Å². The average molecular weight is 467 g/mol. The lowest BCUT2D eigenvalue weighted by Gasteiger charge is -2.14. The second-order valence-corrected chi connectivity index (χ2v) is 8.40. The van der Waals surface area contributed by atoms with Crippen LogP contribution in [-0.2, 0) is 17.9 Å². The number of nitrogens with one attached hydrogen (secondary N) is 1. The minimum absolute atomic E-state index is 0.185. The van der Waals surface area contributed by atoms with Crippen molar-refractivity contribution in [3.05, 3.63) is 94.5 Å². The summed E-state index contributed by atoms with van der Waals surface area (Å²) in [6.45, 7) is 0.461. The maximum atomic E-state index is 12.8. The Balaban J connectivity index is 1.41. The summed E-state index contributed by atoms with van der Waals surface area (Å²) in [5.41, 5.74) is 2.62. The van der Waals surface area contributed by atoms with Crippen LogP contribution < -0.4 is 10.1 Å². The lowest BCUT2D eigenvalue weighted by molar-refractivity contribution is -0.125. The number of benzene rings is 3. The summed E-state index contributed by atoms with van der Waals surface area (Å²) < 4.78 is 5.86. The molecule has 0 radical (unpaired) electrons. The fourth-order valence-corrected chi connectivity index (χ4v) is 4.07. The Bertz CT molecular complexity index is 1150. The predicted molar refractivity (Wildman–Crippen MR) is 125 cm³/mol. The first-order chi connectivity index (χ1) is 15.5. The molecule has 3 aromatic carbocycles. The van der Waals surface area contributed by atoms with Crippen molar-refractivity contribution in [2.45, 2.75) is 13.2 Å². The van der Waals surface area contributed by atoms with Crippen molar-refractivity contribution in [2.24, 2.45) is 0 Å². The van der Waals surface area contributed by atoms with Crippen LogP contribution in [0, 0.1) is 0 Å². The number of amides is 3. The van der Waals surface area contributed by atoms with Gasteiger partial charge in [0.2, 0.25) is 5.91 Å². The number of carbonyl (C=O) groups excluding carboxylic acids is 3. The van der Waals surface area contributed by atoms with Gasteiger partial charge in [0.1, 0.15) is 12.4 Å². The van der Waals surface area contributed by atoms with Crippen molar-refractivity contribution in [2.75, 3.05) is 11.1 Å². The summed E-state index contributed by atoms with van der Waals surface area (Å²) in [4.78, 5) is 37.6. The number of anilines is 1. The van der Waals surface area contributed by atoms with E-state index < -0.39 is 0 Å². The molecule has 0 atom stereocenters. The third kappa shape index (κ3) is 5.12. The topological polar surface area (TPSA) is 75.7 Å². The van der Waals surface area contributed by atoms with Crippen LogP contribution in [0.15, 0.2) is 72.8 Å². The molecular formula is C24H19ClN2O4S. The van der Waals surface area contributed by atoms with E-state index in [2.05, 4.69) is 5.32 Å². The Morgan fingerprint density at radius 2 is 1.72 bits per heavy atom. The summed E-state index contributed by atoms with van der Waals surface area (Å²) in [6, 6.07) is 21.4. The van der Waals surface area contributed by atoms with E-state index in [-0.39, 0.29) is 36.0 Å². The standard InChI is InChI=1S/C24H19ClN2O4S/c25-20-7-3-1-5-17(20)14-31-21-8-4-2-6-19(21)23(29)26-18-11-9-16(10-12-18)13-27-22(28)15-32-24(27)30/h1-12H,13-15H2,(H,26,29). The fraction of sp³-hybridized carbons (Fsp3) is 0.125. The van der Waals surface area contributed by atoms with Gasteiger partial charge in [0.25, 0.3) is 11.1 Å². The monoisotopic (exact) mass is 466 g/mol. The summed E-state index contributed by atoms with van der Waals surface area (Å²) in [6.07, 6.45) is 0. The minimum Gasteiger partial charge on any atom is -0.488 e. The number of ether oxygens (including phenoxy) is 1. The number of nitrogens with zero attached hydrogens (tertiary/aromatic N) is 1. The summed E-state index contributed by atoms with van der Waals surface area (Å²) >= 11 is 7.19. The molecule has 0 unspecified atom stereocenters. The summed E-state index contributed by atoms with van der Waals surface area (Å²) in [7, 11) is 0. The summed E-state index contributed by atoms with van der Waals surface area (Å²) in [5, 5.41) is 3.22. The molecule has 1 saturated heterocycles. The molecule has 8 heteroatoms. The molecule has 0 bridgehead atoms. The van der Waals surface area contributed by atoms with E-state index in [1.165, 1.54) is 4.90 Å². The number of hydrogen-bond acceptors (Lipinski definition) is 5. The van der Waals surface area contributed by atoms with Gasteiger partial charge in [-0.3, -0.25) is 19.3 Å². The first kappa shape index (κ1) is 21.9. The largest absolute Gasteiger partial charge is 0.488 e. The highest BCUT2D eigenvalue weighted by molar-refractivity contribution is 8.14. The highest BCUT2D eigenvalue weighted by Gasteiger charge is 2.29. The van der Waals surface area contributed by atoms with Crippen molar-refractivity contribution in [3.8, 4) is 5.75 Å². The van der Waals surface area contributed by atoms with Crippen LogP contribution in [-0.4, -0.2) is 27.7 Å². The normalized spacial score (nSPS) is 13.3. The molecule has 162 valence electrons. The van der Waals surface area contributed by atoms with Gasteiger partial charge in [0.15, 0.2) is 0 Å². The molecule has 0 spiro atoms. The lowest BCUT2D eigenvalue weighted by atomic mass is 10.1. The molecule has 1 aliphatic heterocycles. The molecule has 1 fully saturated rings. The predicted octanol–water partition coefficient (Wildman–Crippen LogP) is 5.37. The molecule has 4 rings (SSSR count). The maximum absolute atomic E-state index is 12.8. The molecule has 1 N–H and O–H groups in total. The zero-order valence-corrected chi connectivity index (χ0v) is 18.5. The maximum Gasteiger partial charge on any atom is 0.289 e. The summed E-state index contributed by atoms with van der Waals surface area (Å²) in [5.74, 6) is 0.134. The minimum atomic E-state index is -0.311. The molecule has 0 saturated carbocycles. The Morgan fingerprint density at radius 3 is 2.44 bits per heavy atom. The van der Waals surface area contributed by atoms with Crippen LogP contribution in [0.3, 0.4) is 0 Å². The highest BCUT2D eigenvalue weighted by atomic mass is 35.5. The van der Waals surface area contributed by atoms with Gasteiger partial charge < -0.3 is 10.1 Å². The SMILES string of the molecule is O=C(Nc1ccc(CN2C(=O)CSC2=O)cc1)c1ccccc1OCc1ccccc1Cl. The van der Waals surface area contributed by atoms with Gasteiger partial charge in [-0.1, -0.05) is 65.8 Å². The van der Waals surface area contributed by atoms with Crippen LogP contribution in [0.2, 0.25) is 5.02 Å². The van der Waals surface area contributed by atoms with Gasteiger partial charge in [-0.2, -0.15) is 0 Å². The first-order valence-electron chi connectivity index (χ1n) is 9.84. The first-order valence-corrected chi connectivity index (χ1v) is 11.2. The van der Waals surface area contributed by atoms with Crippen LogP contribution in [0.5, 0.6) is 5.75 Å². The van der Waals surface area contributed by atoms with Gasteiger partial charge in [-0.05, 0) is 35.9 Å². The molecule has 3 aromatic rings. The number of carbonyl (C=O) groups is 3. The Labute approximate surface area is 194 Å². The number of para-hydroxylation sites is 1. The van der Waals surface area contributed by atoms with Crippen molar-refractivity contribution in [1.29, 1.82) is 0 Å². The zero-order valence-electron chi connectivity index (χ0n) is 16.9. The molecule has 0 aliphatic carbocycles. The Hall–Kier alpha value is -3.29. The van der Waals surface area contributed by atoms with E-state index in [1.807, 2.05) is 18.2 Å². The molecule has 3 amide bonds. The van der Waals surface area contributed by atoms with Gasteiger partial charge in [-0.15, -0.1) is 0 Å². The van der Waals surface area contributed by atoms with E-state index >= 15 is 0 Å². The highest BCUT2D eigenvalue weighted by Crippen LogP contribution is 2.24. The third-order valence-corrected chi connectivity index (χ3v) is 6.09. The fourth-order valence-electron chi connectivity index (χ4n) is 3.16. The smallest absolute Gasteiger partial charge is 0.289 e. The van der Waals surface area contributed by atoms with Crippen LogP contribution in [0.25, 0.3) is 0 Å². The van der Waals surface area contributed by atoms with Crippen molar-refractivity contribution in [3.63, 3.8) is 0 Å². The Kier molecular flexibility index (Phi) is 6.78. The second kappa shape index (κ2) is 9.89. The van der Waals surface area contributed by atoms with E-state index in [9.17, 15) is 14.4 Å². The second-order valence-electron chi connectivity index (χ2n) is 7.06. The number of rotatable bonds is 7. The van der Waals surface area contributed by atoms with Gasteiger partial charge in [-0.25, -0.2) is 0 Å². The molecule has 0 aromatic heterocycles. The van der Waals surface area contributed by atoms with E-state index in [1.54, 1.807) is 54.6 Å². The van der Waals surface area contributed by atoms with Crippen molar-refractivity contribution < 1.29 is 19.1 Å². The van der Waals surface area contributed by atoms with Crippen LogP contribution in [0.4, 0.5) is 10.5 Å². The van der Waals surface area contributed by atoms with Gasteiger partial charge in [0, 0.05) is 16.3 Å². The molecule has 6 nitrogen and oxygen atoms in total. The quantitative estimate of drug-likeness (QED) is 0.506. The average Bonchev–Trinajstić information content (AvgIpc) is 3.12.